The number of rotatable bonds is 9. The molecule has 2 aromatic carbocycles. The van der Waals surface area contributed by atoms with Gasteiger partial charge in [0.1, 0.15) is 5.75 Å². The summed E-state index contributed by atoms with van der Waals surface area (Å²) < 4.78 is 5.33. The molecule has 3 aromatic rings. The molecular formula is C26H29ClN4O2. The Morgan fingerprint density at radius 3 is 2.67 bits per heavy atom. The number of nitrogens with zero attached hydrogens (tertiary/aromatic N) is 2. The highest BCUT2D eigenvalue weighted by Crippen LogP contribution is 2.23. The molecule has 0 saturated carbocycles. The van der Waals surface area contributed by atoms with Crippen molar-refractivity contribution in [2.75, 3.05) is 13.7 Å². The van der Waals surface area contributed by atoms with Crippen molar-refractivity contribution >= 4 is 17.5 Å². The number of halogens is 1. The topological polar surface area (TPSA) is 66.5 Å². The van der Waals surface area contributed by atoms with Crippen LogP contribution in [-0.4, -0.2) is 41.5 Å². The lowest BCUT2D eigenvalue weighted by Gasteiger charge is -2.23. The van der Waals surface area contributed by atoms with Crippen LogP contribution in [0.15, 0.2) is 73.1 Å². The molecule has 7 heteroatoms. The second-order valence-electron chi connectivity index (χ2n) is 8.32. The van der Waals surface area contributed by atoms with E-state index in [1.165, 1.54) is 0 Å². The molecule has 2 atom stereocenters. The van der Waals surface area contributed by atoms with Gasteiger partial charge >= 0.3 is 0 Å². The first kappa shape index (κ1) is 23.2. The van der Waals surface area contributed by atoms with E-state index in [0.29, 0.717) is 18.1 Å². The fraction of sp³-hybridized carbons (Fsp3) is 0.308. The van der Waals surface area contributed by atoms with E-state index >= 15 is 0 Å². The number of aromatic nitrogens is 1. The van der Waals surface area contributed by atoms with Crippen molar-refractivity contribution in [2.24, 2.45) is 0 Å². The van der Waals surface area contributed by atoms with E-state index in [1.807, 2.05) is 54.6 Å². The number of nitrogens with one attached hydrogen (secondary N) is 2. The molecule has 4 rings (SSSR count). The highest BCUT2D eigenvalue weighted by molar-refractivity contribution is 6.30. The van der Waals surface area contributed by atoms with Crippen molar-refractivity contribution < 1.29 is 9.53 Å². The van der Waals surface area contributed by atoms with Gasteiger partial charge in [0.25, 0.3) is 0 Å². The summed E-state index contributed by atoms with van der Waals surface area (Å²) in [6, 6.07) is 19.7. The smallest absolute Gasteiger partial charge is 0.237 e. The van der Waals surface area contributed by atoms with Gasteiger partial charge in [0.15, 0.2) is 0 Å². The number of amides is 1. The molecule has 1 fully saturated rings. The second kappa shape index (κ2) is 11.3. The van der Waals surface area contributed by atoms with Crippen molar-refractivity contribution in [1.82, 2.24) is 20.5 Å². The number of carbonyl (C=O) groups is 1. The number of likely N-dealkylation sites (tertiary alicyclic amines) is 1. The molecule has 2 N–H and O–H groups in total. The summed E-state index contributed by atoms with van der Waals surface area (Å²) in [6.45, 7) is 2.68. The maximum absolute atomic E-state index is 13.1. The van der Waals surface area contributed by atoms with Crippen LogP contribution in [0, 0.1) is 0 Å². The van der Waals surface area contributed by atoms with Gasteiger partial charge in [-0.25, -0.2) is 0 Å². The minimum Gasteiger partial charge on any atom is -0.497 e. The van der Waals surface area contributed by atoms with E-state index in [2.05, 4.69) is 26.6 Å². The third kappa shape index (κ3) is 6.54. The first-order valence-corrected chi connectivity index (χ1v) is 11.5. The molecule has 0 aliphatic carbocycles. The molecule has 2 heterocycles. The highest BCUT2D eigenvalue weighted by atomic mass is 35.5. The number of hydrogen-bond donors (Lipinski definition) is 2. The second-order valence-corrected chi connectivity index (χ2v) is 8.75. The number of ether oxygens (including phenoxy) is 1. The zero-order valence-corrected chi connectivity index (χ0v) is 19.5. The van der Waals surface area contributed by atoms with E-state index < -0.39 is 0 Å². The van der Waals surface area contributed by atoms with E-state index in [9.17, 15) is 4.79 Å². The average molecular weight is 465 g/mol. The molecule has 172 valence electrons. The summed E-state index contributed by atoms with van der Waals surface area (Å²) in [4.78, 5) is 19.5. The monoisotopic (exact) mass is 464 g/mol. The molecule has 1 aliphatic heterocycles. The molecule has 0 spiro atoms. The summed E-state index contributed by atoms with van der Waals surface area (Å²) >= 11 is 6.05. The van der Waals surface area contributed by atoms with Gasteiger partial charge in [-0.2, -0.15) is 0 Å². The van der Waals surface area contributed by atoms with Crippen LogP contribution in [0.1, 0.15) is 23.1 Å². The fourth-order valence-corrected chi connectivity index (χ4v) is 4.30. The molecule has 6 nitrogen and oxygen atoms in total. The Labute approximate surface area is 199 Å². The zero-order valence-electron chi connectivity index (χ0n) is 18.7. The minimum atomic E-state index is -0.208. The average Bonchev–Trinajstić information content (AvgIpc) is 3.26. The van der Waals surface area contributed by atoms with Crippen LogP contribution in [0.25, 0.3) is 0 Å². The Bertz CT molecular complexity index is 1050. The molecule has 0 unspecified atom stereocenters. The van der Waals surface area contributed by atoms with Gasteiger partial charge in [0.05, 0.1) is 13.2 Å². The van der Waals surface area contributed by atoms with E-state index in [1.54, 1.807) is 19.5 Å². The Kier molecular flexibility index (Phi) is 7.94. The Morgan fingerprint density at radius 2 is 1.91 bits per heavy atom. The van der Waals surface area contributed by atoms with E-state index in [-0.39, 0.29) is 18.0 Å². The van der Waals surface area contributed by atoms with Gasteiger partial charge in [-0.3, -0.25) is 14.7 Å². The maximum Gasteiger partial charge on any atom is 0.237 e. The van der Waals surface area contributed by atoms with E-state index in [0.717, 1.165) is 42.0 Å². The Hall–Kier alpha value is -2.93. The first-order valence-electron chi connectivity index (χ1n) is 11.1. The number of benzene rings is 2. The predicted octanol–water partition coefficient (Wildman–Crippen LogP) is 3.79. The third-order valence-corrected chi connectivity index (χ3v) is 6.18. The molecule has 1 aliphatic rings. The normalized spacial score (nSPS) is 18.2. The highest BCUT2D eigenvalue weighted by Gasteiger charge is 2.36. The van der Waals surface area contributed by atoms with Crippen LogP contribution in [-0.2, 0) is 24.4 Å². The molecule has 1 aromatic heterocycles. The predicted molar refractivity (Wildman–Crippen MR) is 130 cm³/mol. The lowest BCUT2D eigenvalue weighted by molar-refractivity contribution is -0.125. The van der Waals surface area contributed by atoms with Crippen LogP contribution in [0.4, 0.5) is 0 Å². The zero-order chi connectivity index (χ0) is 23.0. The molecule has 0 radical (unpaired) electrons. The minimum absolute atomic E-state index is 0.0403. The van der Waals surface area contributed by atoms with Gasteiger partial charge in [-0.05, 0) is 53.4 Å². The van der Waals surface area contributed by atoms with Crippen LogP contribution in [0.5, 0.6) is 5.75 Å². The number of carbonyl (C=O) groups excluding carboxylic acids is 1. The summed E-state index contributed by atoms with van der Waals surface area (Å²) in [5.74, 6) is 0.885. The molecular weight excluding hydrogens is 436 g/mol. The van der Waals surface area contributed by atoms with Crippen LogP contribution >= 0.6 is 11.6 Å². The lowest BCUT2D eigenvalue weighted by Crippen LogP contribution is -2.42. The first-order chi connectivity index (χ1) is 16.1. The third-order valence-electron chi connectivity index (χ3n) is 5.92. The molecule has 0 bridgehead atoms. The molecule has 33 heavy (non-hydrogen) atoms. The lowest BCUT2D eigenvalue weighted by atomic mass is 10.1. The number of pyridine rings is 1. The quantitative estimate of drug-likeness (QED) is 0.504. The SMILES string of the molecule is COc1cccc(CN[C@H]2C[C@@H](C(=O)NCc3cccnc3)N(Cc3ccc(Cl)cc3)C2)c1. The number of hydrogen-bond acceptors (Lipinski definition) is 5. The standard InChI is InChI=1S/C26H29ClN4O2/c1-33-24-6-2-4-20(12-24)15-29-23-13-25(26(32)30-16-21-5-3-11-28-14-21)31(18-23)17-19-7-9-22(27)10-8-19/h2-12,14,23,25,29H,13,15-18H2,1H3,(H,30,32)/t23-,25-/m0/s1. The summed E-state index contributed by atoms with van der Waals surface area (Å²) in [5.41, 5.74) is 3.28. The Balaban J connectivity index is 1.41. The van der Waals surface area contributed by atoms with Gasteiger partial charge in [-0.1, -0.05) is 41.9 Å². The maximum atomic E-state index is 13.1. The van der Waals surface area contributed by atoms with Crippen molar-refractivity contribution in [2.45, 2.75) is 38.1 Å². The van der Waals surface area contributed by atoms with E-state index in [4.69, 9.17) is 16.3 Å². The number of methoxy groups -OCH3 is 1. The van der Waals surface area contributed by atoms with Gasteiger partial charge in [0, 0.05) is 49.6 Å². The van der Waals surface area contributed by atoms with Crippen LogP contribution in [0.3, 0.4) is 0 Å². The summed E-state index contributed by atoms with van der Waals surface area (Å²) in [6.07, 6.45) is 4.25. The van der Waals surface area contributed by atoms with Crippen molar-refractivity contribution in [1.29, 1.82) is 0 Å². The van der Waals surface area contributed by atoms with Gasteiger partial charge < -0.3 is 15.4 Å². The van der Waals surface area contributed by atoms with Crippen molar-refractivity contribution in [3.8, 4) is 5.75 Å². The van der Waals surface area contributed by atoms with Crippen LogP contribution < -0.4 is 15.4 Å². The summed E-state index contributed by atoms with van der Waals surface area (Å²) in [5, 5.41) is 7.43. The van der Waals surface area contributed by atoms with Crippen molar-refractivity contribution in [3.63, 3.8) is 0 Å². The largest absolute Gasteiger partial charge is 0.497 e. The van der Waals surface area contributed by atoms with Crippen LogP contribution in [0.2, 0.25) is 5.02 Å². The molecule has 1 saturated heterocycles. The van der Waals surface area contributed by atoms with Gasteiger partial charge in [0.2, 0.25) is 5.91 Å². The Morgan fingerprint density at radius 1 is 1.09 bits per heavy atom. The fourth-order valence-electron chi connectivity index (χ4n) is 4.18. The van der Waals surface area contributed by atoms with Crippen molar-refractivity contribution in [3.05, 3.63) is 94.8 Å². The summed E-state index contributed by atoms with van der Waals surface area (Å²) in [7, 11) is 1.67. The van der Waals surface area contributed by atoms with Gasteiger partial charge in [-0.15, -0.1) is 0 Å². The molecule has 1 amide bonds.